The van der Waals surface area contributed by atoms with Crippen LogP contribution in [0.5, 0.6) is 0 Å². The van der Waals surface area contributed by atoms with E-state index in [2.05, 4.69) is 0 Å². The average molecular weight is 338 g/mol. The fourth-order valence-corrected chi connectivity index (χ4v) is 2.37. The van der Waals surface area contributed by atoms with E-state index in [1.54, 1.807) is 52.0 Å². The first-order chi connectivity index (χ1) is 10.7. The van der Waals surface area contributed by atoms with Crippen molar-refractivity contribution in [3.63, 3.8) is 0 Å². The monoisotopic (exact) mass is 337 g/mol. The molecule has 0 unspecified atom stereocenters. The molecule has 1 aromatic carbocycles. The molecule has 0 spiro atoms. The molecule has 1 aliphatic heterocycles. The maximum Gasteiger partial charge on any atom is 0.422 e. The number of hydrogen-bond acceptors (Lipinski definition) is 4. The van der Waals surface area contributed by atoms with E-state index < -0.39 is 17.6 Å². The summed E-state index contributed by atoms with van der Waals surface area (Å²) in [6.45, 7) is 7.44. The predicted octanol–water partition coefficient (Wildman–Crippen LogP) is 4.22. The van der Waals surface area contributed by atoms with E-state index >= 15 is 0 Å². The molecule has 0 aromatic heterocycles. The first kappa shape index (κ1) is 17.3. The molecule has 0 radical (unpaired) electrons. The van der Waals surface area contributed by atoms with Crippen LogP contribution in [0.15, 0.2) is 30.0 Å². The Bertz CT molecular complexity index is 661. The third-order valence-corrected chi connectivity index (χ3v) is 3.33. The minimum Gasteiger partial charge on any atom is -0.488 e. The SMILES string of the molecule is Cc1cc(Cl)ccc1N(C(=O)OC(C)(C)C)C(=O)C1=CCCO1. The lowest BCUT2D eigenvalue weighted by Crippen LogP contribution is -2.42. The number of ether oxygens (including phenoxy) is 2. The van der Waals surface area contributed by atoms with Gasteiger partial charge in [0.1, 0.15) is 5.60 Å². The second-order valence-electron chi connectivity index (χ2n) is 6.26. The minimum absolute atomic E-state index is 0.158. The third kappa shape index (κ3) is 4.26. The van der Waals surface area contributed by atoms with Gasteiger partial charge in [-0.3, -0.25) is 4.79 Å². The van der Waals surface area contributed by atoms with Crippen LogP contribution in [0.25, 0.3) is 0 Å². The van der Waals surface area contributed by atoms with Gasteiger partial charge >= 0.3 is 12.0 Å². The van der Waals surface area contributed by atoms with Crippen molar-refractivity contribution in [3.05, 3.63) is 40.6 Å². The molecule has 6 heteroatoms. The molecule has 0 saturated carbocycles. The van der Waals surface area contributed by atoms with Crippen LogP contribution in [0.4, 0.5) is 10.5 Å². The highest BCUT2D eigenvalue weighted by molar-refractivity contribution is 6.31. The number of benzene rings is 1. The number of imide groups is 1. The highest BCUT2D eigenvalue weighted by Crippen LogP contribution is 2.27. The van der Waals surface area contributed by atoms with E-state index in [1.165, 1.54) is 0 Å². The van der Waals surface area contributed by atoms with Crippen LogP contribution in [0.3, 0.4) is 0 Å². The zero-order chi connectivity index (χ0) is 17.2. The zero-order valence-corrected chi connectivity index (χ0v) is 14.4. The quantitative estimate of drug-likeness (QED) is 0.810. The zero-order valence-electron chi connectivity index (χ0n) is 13.7. The van der Waals surface area contributed by atoms with Crippen molar-refractivity contribution in [1.82, 2.24) is 0 Å². The van der Waals surface area contributed by atoms with E-state index in [0.717, 1.165) is 4.90 Å². The van der Waals surface area contributed by atoms with E-state index in [0.29, 0.717) is 29.3 Å². The van der Waals surface area contributed by atoms with Crippen molar-refractivity contribution in [2.24, 2.45) is 0 Å². The van der Waals surface area contributed by atoms with Crippen LogP contribution < -0.4 is 4.90 Å². The van der Waals surface area contributed by atoms with Crippen LogP contribution in [0, 0.1) is 6.92 Å². The molecule has 5 nitrogen and oxygen atoms in total. The molecule has 2 amide bonds. The van der Waals surface area contributed by atoms with Gasteiger partial charge in [-0.1, -0.05) is 11.6 Å². The molecule has 0 bridgehead atoms. The van der Waals surface area contributed by atoms with Gasteiger partial charge in [0.2, 0.25) is 0 Å². The summed E-state index contributed by atoms with van der Waals surface area (Å²) in [7, 11) is 0. The highest BCUT2D eigenvalue weighted by atomic mass is 35.5. The molecule has 1 heterocycles. The maximum atomic E-state index is 12.7. The van der Waals surface area contributed by atoms with Gasteiger partial charge in [0, 0.05) is 11.4 Å². The molecule has 0 N–H and O–H groups in total. The van der Waals surface area contributed by atoms with Crippen molar-refractivity contribution >= 4 is 29.3 Å². The van der Waals surface area contributed by atoms with Crippen LogP contribution >= 0.6 is 11.6 Å². The summed E-state index contributed by atoms with van der Waals surface area (Å²) >= 11 is 5.96. The lowest BCUT2D eigenvalue weighted by molar-refractivity contribution is -0.117. The smallest absolute Gasteiger partial charge is 0.422 e. The predicted molar refractivity (Wildman–Crippen MR) is 88.6 cm³/mol. The van der Waals surface area contributed by atoms with E-state index in [1.807, 2.05) is 0 Å². The first-order valence-corrected chi connectivity index (χ1v) is 7.73. The summed E-state index contributed by atoms with van der Waals surface area (Å²) in [6.07, 6.45) is 1.57. The Morgan fingerprint density at radius 2 is 2.00 bits per heavy atom. The fourth-order valence-electron chi connectivity index (χ4n) is 2.15. The summed E-state index contributed by atoms with van der Waals surface area (Å²) < 4.78 is 10.7. The Morgan fingerprint density at radius 3 is 2.52 bits per heavy atom. The summed E-state index contributed by atoms with van der Waals surface area (Å²) in [5.74, 6) is -0.382. The summed E-state index contributed by atoms with van der Waals surface area (Å²) in [4.78, 5) is 26.3. The Morgan fingerprint density at radius 1 is 1.30 bits per heavy atom. The number of anilines is 1. The molecular formula is C17H20ClNO4. The molecule has 1 aliphatic rings. The summed E-state index contributed by atoms with van der Waals surface area (Å²) in [5.41, 5.74) is 0.390. The van der Waals surface area contributed by atoms with Gasteiger partial charge in [-0.2, -0.15) is 0 Å². The number of amides is 2. The molecule has 0 atom stereocenters. The molecule has 0 saturated heterocycles. The van der Waals surface area contributed by atoms with Crippen molar-refractivity contribution in [2.45, 2.75) is 39.7 Å². The standard InChI is InChI=1S/C17H20ClNO4/c1-11-10-12(18)7-8-13(11)19(16(21)23-17(2,3)4)15(20)14-6-5-9-22-14/h6-8,10H,5,9H2,1-4H3. The van der Waals surface area contributed by atoms with Gasteiger partial charge in [-0.05, 0) is 57.5 Å². The van der Waals surface area contributed by atoms with Crippen LogP contribution in [0.2, 0.25) is 5.02 Å². The Labute approximate surface area is 140 Å². The molecule has 23 heavy (non-hydrogen) atoms. The molecule has 1 aromatic rings. The van der Waals surface area contributed by atoms with Crippen molar-refractivity contribution in [2.75, 3.05) is 11.5 Å². The third-order valence-electron chi connectivity index (χ3n) is 3.09. The van der Waals surface area contributed by atoms with Crippen LogP contribution in [0.1, 0.15) is 32.8 Å². The summed E-state index contributed by atoms with van der Waals surface area (Å²) in [5, 5.41) is 0.527. The topological polar surface area (TPSA) is 55.8 Å². The second-order valence-corrected chi connectivity index (χ2v) is 6.69. The number of rotatable bonds is 2. The van der Waals surface area contributed by atoms with Gasteiger partial charge in [0.15, 0.2) is 5.76 Å². The number of carbonyl (C=O) groups is 2. The van der Waals surface area contributed by atoms with Crippen molar-refractivity contribution in [3.8, 4) is 0 Å². The normalized spacial score (nSPS) is 14.0. The largest absolute Gasteiger partial charge is 0.488 e. The summed E-state index contributed by atoms with van der Waals surface area (Å²) in [6, 6.07) is 4.93. The maximum absolute atomic E-state index is 12.7. The van der Waals surface area contributed by atoms with Crippen molar-refractivity contribution in [1.29, 1.82) is 0 Å². The molecule has 0 fully saturated rings. The second kappa shape index (κ2) is 6.62. The Balaban J connectivity index is 2.42. The van der Waals surface area contributed by atoms with Gasteiger partial charge < -0.3 is 9.47 Å². The van der Waals surface area contributed by atoms with E-state index in [4.69, 9.17) is 21.1 Å². The van der Waals surface area contributed by atoms with Crippen LogP contribution in [-0.2, 0) is 14.3 Å². The Kier molecular flexibility index (Phi) is 5.00. The Hall–Kier alpha value is -2.01. The fraction of sp³-hybridized carbons (Fsp3) is 0.412. The van der Waals surface area contributed by atoms with Gasteiger partial charge in [-0.15, -0.1) is 0 Å². The van der Waals surface area contributed by atoms with Crippen LogP contribution in [-0.4, -0.2) is 24.2 Å². The van der Waals surface area contributed by atoms with E-state index in [-0.39, 0.29) is 5.76 Å². The molecule has 0 aliphatic carbocycles. The number of nitrogens with zero attached hydrogens (tertiary/aromatic N) is 1. The van der Waals surface area contributed by atoms with Gasteiger partial charge in [-0.25, -0.2) is 9.69 Å². The average Bonchev–Trinajstić information content (AvgIpc) is 2.93. The van der Waals surface area contributed by atoms with Gasteiger partial charge in [0.05, 0.1) is 12.3 Å². The number of carbonyl (C=O) groups excluding carboxylic acids is 2. The van der Waals surface area contributed by atoms with E-state index in [9.17, 15) is 9.59 Å². The first-order valence-electron chi connectivity index (χ1n) is 7.35. The number of hydrogen-bond donors (Lipinski definition) is 0. The lowest BCUT2D eigenvalue weighted by atomic mass is 10.1. The molecule has 2 rings (SSSR count). The lowest BCUT2D eigenvalue weighted by Gasteiger charge is -2.27. The number of halogens is 1. The van der Waals surface area contributed by atoms with Gasteiger partial charge in [0.25, 0.3) is 0 Å². The molecular weight excluding hydrogens is 318 g/mol. The molecule has 124 valence electrons. The number of aryl methyl sites for hydroxylation is 1. The van der Waals surface area contributed by atoms with Crippen molar-refractivity contribution < 1.29 is 19.1 Å². The minimum atomic E-state index is -0.746. The highest BCUT2D eigenvalue weighted by Gasteiger charge is 2.33.